The molecule has 2 aromatic rings. The molecule has 0 aromatic heterocycles. The molecular formula is C22H30F6O6S2Zr. The van der Waals surface area contributed by atoms with E-state index in [4.69, 9.17) is 25.9 Å². The number of unbranched alkanes of at least 4 members (excludes halogenated alkanes) is 2. The second-order valence-corrected chi connectivity index (χ2v) is 10.3. The number of hydrogen-bond donors (Lipinski definition) is 0. The van der Waals surface area contributed by atoms with Crippen LogP contribution in [0, 0.1) is 13.8 Å². The zero-order chi connectivity index (χ0) is 28.8. The predicted octanol–water partition coefficient (Wildman–Crippen LogP) is 6.21. The standard InChI is InChI=1S/2C10H15.2CHF3O3S.Zr/c2*1-3-4-5-10-7-6-9(2)8-10;2*2-1(3,4)8(5,6)7;/h2*6-8H,3-5H2,1-2H3;2*(H,5,6,7);/q2*-1;;;+4/p-2. The van der Waals surface area contributed by atoms with Gasteiger partial charge in [-0.25, -0.2) is 29.0 Å². The van der Waals surface area contributed by atoms with E-state index in [1.165, 1.54) is 60.8 Å². The minimum Gasteiger partial charge on any atom is -0.741 e. The zero-order valence-electron chi connectivity index (χ0n) is 20.7. The van der Waals surface area contributed by atoms with Crippen molar-refractivity contribution in [1.82, 2.24) is 0 Å². The summed E-state index contributed by atoms with van der Waals surface area (Å²) in [4.78, 5) is 0. The number of alkyl halides is 6. The van der Waals surface area contributed by atoms with Gasteiger partial charge in [0.25, 0.3) is 0 Å². The smallest absolute Gasteiger partial charge is 0.741 e. The number of hydrogen-bond acceptors (Lipinski definition) is 6. The number of halogens is 6. The molecule has 0 aliphatic carbocycles. The molecule has 0 N–H and O–H groups in total. The van der Waals surface area contributed by atoms with Crippen molar-refractivity contribution in [2.24, 2.45) is 0 Å². The molecule has 0 fully saturated rings. The van der Waals surface area contributed by atoms with Crippen LogP contribution in [0.2, 0.25) is 0 Å². The van der Waals surface area contributed by atoms with Gasteiger partial charge in [-0.15, -0.1) is 0 Å². The van der Waals surface area contributed by atoms with Gasteiger partial charge in [-0.3, -0.25) is 0 Å². The Morgan fingerprint density at radius 3 is 1.08 bits per heavy atom. The van der Waals surface area contributed by atoms with E-state index in [9.17, 15) is 26.3 Å². The minimum atomic E-state index is -6.09. The van der Waals surface area contributed by atoms with Crippen molar-refractivity contribution in [2.45, 2.75) is 77.2 Å². The molecule has 0 spiro atoms. The van der Waals surface area contributed by atoms with Crippen molar-refractivity contribution in [3.05, 3.63) is 58.7 Å². The Morgan fingerprint density at radius 2 is 0.946 bits per heavy atom. The van der Waals surface area contributed by atoms with E-state index in [2.05, 4.69) is 64.1 Å². The van der Waals surface area contributed by atoms with Crippen molar-refractivity contribution in [2.75, 3.05) is 0 Å². The number of rotatable bonds is 6. The van der Waals surface area contributed by atoms with Crippen LogP contribution in [0.1, 0.15) is 61.8 Å². The Hall–Kier alpha value is -1.02. The molecule has 0 saturated heterocycles. The molecule has 0 radical (unpaired) electrons. The average molecular weight is 660 g/mol. The summed E-state index contributed by atoms with van der Waals surface area (Å²) in [5.74, 6) is 0. The van der Waals surface area contributed by atoms with Crippen LogP contribution in [-0.4, -0.2) is 37.0 Å². The van der Waals surface area contributed by atoms with Crippen molar-refractivity contribution >= 4 is 20.2 Å². The molecule has 0 heterocycles. The molecule has 0 bridgehead atoms. The predicted molar refractivity (Wildman–Crippen MR) is 122 cm³/mol. The van der Waals surface area contributed by atoms with E-state index in [1.54, 1.807) is 0 Å². The summed E-state index contributed by atoms with van der Waals surface area (Å²) in [6.45, 7) is 8.76. The summed E-state index contributed by atoms with van der Waals surface area (Å²) in [5.41, 5.74) is -5.50. The Kier molecular flexibility index (Phi) is 20.0. The fourth-order valence-electron chi connectivity index (χ4n) is 2.33. The van der Waals surface area contributed by atoms with Crippen LogP contribution in [0.25, 0.3) is 0 Å². The summed E-state index contributed by atoms with van der Waals surface area (Å²) in [6.07, 6.45) is 7.75. The van der Waals surface area contributed by atoms with Crippen LogP contribution in [0.5, 0.6) is 0 Å². The van der Waals surface area contributed by atoms with E-state index < -0.39 is 31.3 Å². The topological polar surface area (TPSA) is 114 Å². The van der Waals surface area contributed by atoms with Gasteiger partial charge in [0.2, 0.25) is 0 Å². The molecule has 0 aliphatic heterocycles. The molecule has 6 nitrogen and oxygen atoms in total. The second kappa shape index (κ2) is 18.3. The normalized spacial score (nSPS) is 11.6. The monoisotopic (exact) mass is 658 g/mol. The molecule has 37 heavy (non-hydrogen) atoms. The molecular weight excluding hydrogens is 630 g/mol. The summed E-state index contributed by atoms with van der Waals surface area (Å²) in [6, 6.07) is 13.4. The van der Waals surface area contributed by atoms with Gasteiger partial charge < -0.3 is 9.11 Å². The quantitative estimate of drug-likeness (QED) is 0.158. The van der Waals surface area contributed by atoms with Crippen LogP contribution in [0.3, 0.4) is 0 Å². The van der Waals surface area contributed by atoms with Gasteiger partial charge in [0.15, 0.2) is 20.2 Å². The van der Waals surface area contributed by atoms with Crippen molar-refractivity contribution in [3.8, 4) is 0 Å². The van der Waals surface area contributed by atoms with Crippen LogP contribution >= 0.6 is 0 Å². The van der Waals surface area contributed by atoms with Gasteiger partial charge in [0, 0.05) is 0 Å². The SMILES string of the molecule is CCCCc1cc[c-](C)c1.CCCCc1cc[c-](C)c1.O=S(=O)([O-])C(F)(F)F.O=S(=O)([O-])C(F)(F)F.[Zr+4]. The summed E-state index contributed by atoms with van der Waals surface area (Å²) in [5, 5.41) is 0. The molecule has 0 unspecified atom stereocenters. The maximum atomic E-state index is 10.7. The second-order valence-electron chi connectivity index (χ2n) is 7.60. The molecule has 0 aliphatic rings. The van der Waals surface area contributed by atoms with Crippen LogP contribution in [0.4, 0.5) is 26.3 Å². The van der Waals surface area contributed by atoms with Gasteiger partial charge >= 0.3 is 37.2 Å². The first kappa shape index (κ1) is 40.5. The summed E-state index contributed by atoms with van der Waals surface area (Å²) >= 11 is 0. The van der Waals surface area contributed by atoms with Gasteiger partial charge in [0.05, 0.1) is 0 Å². The first-order chi connectivity index (χ1) is 16.2. The van der Waals surface area contributed by atoms with Gasteiger partial charge in [-0.2, -0.15) is 72.9 Å². The van der Waals surface area contributed by atoms with E-state index in [0.717, 1.165) is 0 Å². The van der Waals surface area contributed by atoms with E-state index in [-0.39, 0.29) is 26.2 Å². The fourth-order valence-corrected chi connectivity index (χ4v) is 2.33. The largest absolute Gasteiger partial charge is 4.00 e. The van der Waals surface area contributed by atoms with Crippen LogP contribution in [-0.2, 0) is 59.3 Å². The molecule has 2 rings (SSSR count). The van der Waals surface area contributed by atoms with Crippen molar-refractivity contribution in [1.29, 1.82) is 0 Å². The Balaban J connectivity index is -0.000000416. The summed E-state index contributed by atoms with van der Waals surface area (Å²) in [7, 11) is -12.2. The van der Waals surface area contributed by atoms with Gasteiger partial charge in [-0.05, 0) is 0 Å². The fraction of sp³-hybridized carbons (Fsp3) is 0.545. The van der Waals surface area contributed by atoms with Crippen LogP contribution in [0.15, 0.2) is 36.4 Å². The Morgan fingerprint density at radius 1 is 0.703 bits per heavy atom. The van der Waals surface area contributed by atoms with E-state index in [1.807, 2.05) is 0 Å². The number of aryl methyl sites for hydroxylation is 4. The van der Waals surface area contributed by atoms with Crippen molar-refractivity contribution in [3.63, 3.8) is 0 Å². The third-order valence-corrected chi connectivity index (χ3v) is 5.29. The van der Waals surface area contributed by atoms with Gasteiger partial charge in [-0.1, -0.05) is 66.2 Å². The minimum absolute atomic E-state index is 0. The van der Waals surface area contributed by atoms with Crippen LogP contribution < -0.4 is 0 Å². The molecule has 212 valence electrons. The third-order valence-electron chi connectivity index (χ3n) is 4.15. The molecule has 0 atom stereocenters. The third kappa shape index (κ3) is 20.6. The average Bonchev–Trinajstić information content (AvgIpc) is 3.31. The van der Waals surface area contributed by atoms with Gasteiger partial charge in [0.1, 0.15) is 0 Å². The maximum absolute atomic E-state index is 10.7. The van der Waals surface area contributed by atoms with Crippen molar-refractivity contribution < 1.29 is 78.5 Å². The summed E-state index contributed by atoms with van der Waals surface area (Å²) < 4.78 is 118. The zero-order valence-corrected chi connectivity index (χ0v) is 24.8. The van der Waals surface area contributed by atoms with E-state index >= 15 is 0 Å². The molecule has 0 saturated carbocycles. The first-order valence-electron chi connectivity index (χ1n) is 10.6. The van der Waals surface area contributed by atoms with E-state index in [0.29, 0.717) is 0 Å². The maximum Gasteiger partial charge on any atom is 4.00 e. The Bertz CT molecular complexity index is 986. The Labute approximate surface area is 233 Å². The molecule has 2 aromatic carbocycles. The molecule has 0 amide bonds. The first-order valence-corrected chi connectivity index (χ1v) is 13.5. The molecule has 15 heteroatoms.